The predicted molar refractivity (Wildman–Crippen MR) is 95.1 cm³/mol. The summed E-state index contributed by atoms with van der Waals surface area (Å²) in [4.78, 5) is 25.9. The Hall–Kier alpha value is -2.79. The molecule has 0 heterocycles. The van der Waals surface area contributed by atoms with Gasteiger partial charge in [0.15, 0.2) is 5.78 Å². The smallest absolute Gasteiger partial charge is 0.203 e. The van der Waals surface area contributed by atoms with Crippen molar-refractivity contribution < 1.29 is 14.3 Å². The van der Waals surface area contributed by atoms with Gasteiger partial charge in [-0.15, -0.1) is 0 Å². The summed E-state index contributed by atoms with van der Waals surface area (Å²) in [6.45, 7) is 0. The number of hydrogen-bond acceptors (Lipinski definition) is 5. The quantitative estimate of drug-likeness (QED) is 0.841. The molecule has 0 amide bonds. The number of thioether (sulfide) groups is 1. The van der Waals surface area contributed by atoms with Crippen molar-refractivity contribution in [2.45, 2.75) is 4.90 Å². The number of ether oxygens (including phenoxy) is 1. The highest BCUT2D eigenvalue weighted by Crippen LogP contribution is 2.30. The SMILES string of the molecule is COc1cccc(NC2=CC(=O)C(Sc3ccccc3)=CC2=O)c1. The van der Waals surface area contributed by atoms with Crippen molar-refractivity contribution >= 4 is 29.0 Å². The maximum atomic E-state index is 12.3. The fraction of sp³-hybridized carbons (Fsp3) is 0.0526. The summed E-state index contributed by atoms with van der Waals surface area (Å²) in [5.74, 6) is 0.260. The Morgan fingerprint density at radius 3 is 2.46 bits per heavy atom. The second kappa shape index (κ2) is 7.19. The molecule has 0 atom stereocenters. The summed E-state index contributed by atoms with van der Waals surface area (Å²) in [5, 5.41) is 2.98. The highest BCUT2D eigenvalue weighted by Gasteiger charge is 2.21. The first-order valence-electron chi connectivity index (χ1n) is 7.32. The van der Waals surface area contributed by atoms with Crippen LogP contribution in [0.15, 0.2) is 82.2 Å². The first kappa shape index (κ1) is 16.1. The van der Waals surface area contributed by atoms with Gasteiger partial charge in [0, 0.05) is 28.8 Å². The van der Waals surface area contributed by atoms with E-state index in [0.717, 1.165) is 4.90 Å². The average Bonchev–Trinajstić information content (AvgIpc) is 2.60. The van der Waals surface area contributed by atoms with E-state index in [2.05, 4.69) is 5.32 Å². The summed E-state index contributed by atoms with van der Waals surface area (Å²) in [6, 6.07) is 16.7. The zero-order valence-electron chi connectivity index (χ0n) is 13.0. The lowest BCUT2D eigenvalue weighted by Gasteiger charge is -2.14. The van der Waals surface area contributed by atoms with Crippen LogP contribution >= 0.6 is 11.8 Å². The molecule has 5 heteroatoms. The summed E-state index contributed by atoms with van der Waals surface area (Å²) in [7, 11) is 1.57. The van der Waals surface area contributed by atoms with Gasteiger partial charge in [-0.3, -0.25) is 9.59 Å². The van der Waals surface area contributed by atoms with Gasteiger partial charge < -0.3 is 10.1 Å². The van der Waals surface area contributed by atoms with Crippen LogP contribution in [-0.4, -0.2) is 18.7 Å². The molecular formula is C19H15NO3S. The van der Waals surface area contributed by atoms with Crippen molar-refractivity contribution in [2.75, 3.05) is 12.4 Å². The lowest BCUT2D eigenvalue weighted by molar-refractivity contribution is -0.114. The Morgan fingerprint density at radius 1 is 0.917 bits per heavy atom. The molecule has 0 aromatic heterocycles. The van der Waals surface area contributed by atoms with E-state index in [-0.39, 0.29) is 17.3 Å². The minimum absolute atomic E-state index is 0.186. The first-order chi connectivity index (χ1) is 11.7. The lowest BCUT2D eigenvalue weighted by Crippen LogP contribution is -2.17. The number of methoxy groups -OCH3 is 1. The molecule has 4 nitrogen and oxygen atoms in total. The Bertz CT molecular complexity index is 841. The third-order valence-electron chi connectivity index (χ3n) is 3.37. The van der Waals surface area contributed by atoms with Gasteiger partial charge in [-0.2, -0.15) is 0 Å². The maximum absolute atomic E-state index is 12.3. The molecular weight excluding hydrogens is 322 g/mol. The Labute approximate surface area is 144 Å². The third-order valence-corrected chi connectivity index (χ3v) is 4.41. The van der Waals surface area contributed by atoms with E-state index in [4.69, 9.17) is 4.74 Å². The number of nitrogens with one attached hydrogen (secondary N) is 1. The Kier molecular flexibility index (Phi) is 4.82. The van der Waals surface area contributed by atoms with Crippen LogP contribution in [0.1, 0.15) is 0 Å². The van der Waals surface area contributed by atoms with Crippen LogP contribution in [0.5, 0.6) is 5.75 Å². The zero-order chi connectivity index (χ0) is 16.9. The molecule has 1 N–H and O–H groups in total. The van der Waals surface area contributed by atoms with Crippen LogP contribution in [0.4, 0.5) is 5.69 Å². The van der Waals surface area contributed by atoms with Crippen LogP contribution in [-0.2, 0) is 9.59 Å². The molecule has 0 unspecified atom stereocenters. The largest absolute Gasteiger partial charge is 0.497 e. The van der Waals surface area contributed by atoms with Crippen LogP contribution in [0, 0.1) is 0 Å². The number of anilines is 1. The summed E-state index contributed by atoms with van der Waals surface area (Å²) >= 11 is 1.29. The molecule has 2 aromatic rings. The fourth-order valence-corrected chi connectivity index (χ4v) is 3.06. The molecule has 0 radical (unpaired) electrons. The van der Waals surface area contributed by atoms with Gasteiger partial charge in [0.2, 0.25) is 5.78 Å². The molecule has 0 spiro atoms. The standard InChI is InChI=1S/C19H15NO3S/c1-23-14-7-5-6-13(10-14)20-16-11-18(22)19(12-17(16)21)24-15-8-3-2-4-9-15/h2-12,20H,1H3. The number of rotatable bonds is 5. The number of benzene rings is 2. The molecule has 1 aliphatic carbocycles. The van der Waals surface area contributed by atoms with Gasteiger partial charge in [-0.25, -0.2) is 0 Å². The monoisotopic (exact) mass is 337 g/mol. The molecule has 0 saturated carbocycles. The number of hydrogen-bond donors (Lipinski definition) is 1. The molecule has 120 valence electrons. The van der Waals surface area contributed by atoms with E-state index < -0.39 is 0 Å². The number of allylic oxidation sites excluding steroid dienone is 3. The second-order valence-electron chi connectivity index (χ2n) is 5.07. The summed E-state index contributed by atoms with van der Waals surface area (Å²) in [5.41, 5.74) is 0.944. The second-order valence-corrected chi connectivity index (χ2v) is 6.18. The summed E-state index contributed by atoms with van der Waals surface area (Å²) < 4.78 is 5.15. The molecule has 0 bridgehead atoms. The topological polar surface area (TPSA) is 55.4 Å². The van der Waals surface area contributed by atoms with E-state index in [9.17, 15) is 9.59 Å². The highest BCUT2D eigenvalue weighted by molar-refractivity contribution is 8.04. The van der Waals surface area contributed by atoms with Gasteiger partial charge in [-0.1, -0.05) is 36.0 Å². The van der Waals surface area contributed by atoms with Gasteiger partial charge in [0.25, 0.3) is 0 Å². The number of ketones is 2. The average molecular weight is 337 g/mol. The van der Waals surface area contributed by atoms with Gasteiger partial charge >= 0.3 is 0 Å². The van der Waals surface area contributed by atoms with Crippen molar-refractivity contribution in [3.63, 3.8) is 0 Å². The van der Waals surface area contributed by atoms with Crippen LogP contribution in [0.2, 0.25) is 0 Å². The fourth-order valence-electron chi connectivity index (χ4n) is 2.19. The van der Waals surface area contributed by atoms with Gasteiger partial charge in [-0.05, 0) is 24.3 Å². The van der Waals surface area contributed by atoms with Gasteiger partial charge in [0.1, 0.15) is 5.75 Å². The summed E-state index contributed by atoms with van der Waals surface area (Å²) in [6.07, 6.45) is 2.72. The van der Waals surface area contributed by atoms with E-state index in [0.29, 0.717) is 16.3 Å². The highest BCUT2D eigenvalue weighted by atomic mass is 32.2. The molecule has 24 heavy (non-hydrogen) atoms. The minimum Gasteiger partial charge on any atom is -0.497 e. The molecule has 0 aliphatic heterocycles. The molecule has 3 rings (SSSR count). The van der Waals surface area contributed by atoms with Crippen molar-refractivity contribution in [1.29, 1.82) is 0 Å². The number of carbonyl (C=O) groups excluding carboxylic acids is 2. The van der Waals surface area contributed by atoms with Crippen molar-refractivity contribution in [3.8, 4) is 5.75 Å². The lowest BCUT2D eigenvalue weighted by atomic mass is 10.1. The Morgan fingerprint density at radius 2 is 1.71 bits per heavy atom. The molecule has 0 fully saturated rings. The first-order valence-corrected chi connectivity index (χ1v) is 8.13. The zero-order valence-corrected chi connectivity index (χ0v) is 13.8. The van der Waals surface area contributed by atoms with Crippen molar-refractivity contribution in [3.05, 3.63) is 77.4 Å². The molecule has 0 saturated heterocycles. The van der Waals surface area contributed by atoms with E-state index in [1.54, 1.807) is 19.2 Å². The van der Waals surface area contributed by atoms with E-state index in [1.807, 2.05) is 42.5 Å². The normalized spacial score (nSPS) is 14.0. The molecule has 1 aliphatic rings. The predicted octanol–water partition coefficient (Wildman–Crippen LogP) is 3.82. The minimum atomic E-state index is -0.226. The molecule has 2 aromatic carbocycles. The van der Waals surface area contributed by atoms with E-state index >= 15 is 0 Å². The van der Waals surface area contributed by atoms with Crippen LogP contribution in [0.3, 0.4) is 0 Å². The third kappa shape index (κ3) is 3.75. The van der Waals surface area contributed by atoms with Gasteiger partial charge in [0.05, 0.1) is 17.7 Å². The maximum Gasteiger partial charge on any atom is 0.203 e. The van der Waals surface area contributed by atoms with Crippen LogP contribution < -0.4 is 10.1 Å². The van der Waals surface area contributed by atoms with Crippen molar-refractivity contribution in [1.82, 2.24) is 0 Å². The van der Waals surface area contributed by atoms with Crippen LogP contribution in [0.25, 0.3) is 0 Å². The Balaban J connectivity index is 1.75. The number of carbonyl (C=O) groups is 2. The van der Waals surface area contributed by atoms with E-state index in [1.165, 1.54) is 23.9 Å². The van der Waals surface area contributed by atoms with Crippen molar-refractivity contribution in [2.24, 2.45) is 0 Å².